The molecule has 0 amide bonds. The molecule has 0 fully saturated rings. The van der Waals surface area contributed by atoms with Crippen molar-refractivity contribution in [2.24, 2.45) is 0 Å². The zero-order valence-electron chi connectivity index (χ0n) is 25.0. The summed E-state index contributed by atoms with van der Waals surface area (Å²) in [6.45, 7) is 0. The second-order valence-corrected chi connectivity index (χ2v) is 17.4. The van der Waals surface area contributed by atoms with Crippen molar-refractivity contribution in [2.75, 3.05) is 5.88 Å². The van der Waals surface area contributed by atoms with Gasteiger partial charge >= 0.3 is 0 Å². The van der Waals surface area contributed by atoms with Crippen molar-refractivity contribution in [1.82, 2.24) is 0 Å². The van der Waals surface area contributed by atoms with E-state index in [-0.39, 0.29) is 0 Å². The Labute approximate surface area is 251 Å². The lowest BCUT2D eigenvalue weighted by Gasteiger charge is -2.05. The minimum atomic E-state index is -1.34. The highest BCUT2D eigenvalue weighted by molar-refractivity contribution is 7.33. The third kappa shape index (κ3) is 37.1. The van der Waals surface area contributed by atoms with E-state index < -0.39 is 7.42 Å². The van der Waals surface area contributed by atoms with Crippen LogP contribution in [0.5, 0.6) is 0 Å². The molecule has 0 aliphatic rings. The van der Waals surface area contributed by atoms with Crippen molar-refractivity contribution in [3.05, 3.63) is 0 Å². The monoisotopic (exact) mass is 596 g/mol. The molecular weight excluding hydrogens is 531 g/mol. The minimum absolute atomic E-state index is 0.844. The lowest BCUT2D eigenvalue weighted by atomic mass is 10.0. The average molecular weight is 598 g/mol. The van der Waals surface area contributed by atoms with Gasteiger partial charge in [-0.1, -0.05) is 193 Å². The third-order valence-electron chi connectivity index (χ3n) is 8.06. The summed E-state index contributed by atoms with van der Waals surface area (Å²) >= 11 is 17.5. The summed E-state index contributed by atoms with van der Waals surface area (Å²) in [5.41, 5.74) is 0. The molecule has 0 aliphatic heterocycles. The molecule has 0 radical (unpaired) electrons. The van der Waals surface area contributed by atoms with Crippen molar-refractivity contribution < 1.29 is 0 Å². The van der Waals surface area contributed by atoms with Crippen LogP contribution in [0.2, 0.25) is 6.04 Å². The van der Waals surface area contributed by atoms with E-state index in [1.165, 1.54) is 199 Å². The number of hydrogen-bond donors (Lipinski definition) is 0. The Morgan fingerprint density at radius 2 is 0.405 bits per heavy atom. The Morgan fingerprint density at radius 1 is 0.243 bits per heavy atom. The van der Waals surface area contributed by atoms with Gasteiger partial charge in [0.25, 0.3) is 0 Å². The van der Waals surface area contributed by atoms with Gasteiger partial charge in [-0.3, -0.25) is 0 Å². The first kappa shape index (κ1) is 38.1. The molecule has 0 aromatic rings. The van der Waals surface area contributed by atoms with Crippen LogP contribution >= 0.6 is 33.8 Å². The molecule has 0 heterocycles. The van der Waals surface area contributed by atoms with Gasteiger partial charge in [-0.05, 0) is 12.5 Å². The molecule has 0 aromatic carbocycles. The van der Waals surface area contributed by atoms with E-state index in [1.807, 2.05) is 0 Å². The van der Waals surface area contributed by atoms with Gasteiger partial charge in [0.2, 0.25) is 7.42 Å². The van der Waals surface area contributed by atoms with Crippen molar-refractivity contribution in [3.8, 4) is 0 Å². The summed E-state index contributed by atoms with van der Waals surface area (Å²) < 4.78 is 0. The minimum Gasteiger partial charge on any atom is -0.150 e. The van der Waals surface area contributed by atoms with Gasteiger partial charge in [0.05, 0.1) is 0 Å². The van der Waals surface area contributed by atoms with Crippen LogP contribution in [0.4, 0.5) is 0 Å². The second-order valence-electron chi connectivity index (χ2n) is 11.8. The molecule has 0 bridgehead atoms. The van der Waals surface area contributed by atoms with Crippen LogP contribution in [-0.2, 0) is 0 Å². The van der Waals surface area contributed by atoms with Gasteiger partial charge < -0.3 is 0 Å². The summed E-state index contributed by atoms with van der Waals surface area (Å²) in [7, 11) is -1.34. The Hall–Kier alpha value is 1.09. The molecule has 0 unspecified atom stereocenters. The smallest absolute Gasteiger partial charge is 0.150 e. The summed E-state index contributed by atoms with van der Waals surface area (Å²) in [5, 5.41) is 0. The summed E-state index contributed by atoms with van der Waals surface area (Å²) in [6.07, 6.45) is 44.5. The summed E-state index contributed by atoms with van der Waals surface area (Å²) in [6, 6.07) is 1.10. The highest BCUT2D eigenvalue weighted by atomic mass is 35.7. The van der Waals surface area contributed by atoms with E-state index in [1.54, 1.807) is 0 Å². The van der Waals surface area contributed by atoms with E-state index in [0.717, 1.165) is 11.9 Å². The van der Waals surface area contributed by atoms with Crippen LogP contribution in [0, 0.1) is 0 Å². The molecule has 0 saturated carbocycles. The largest absolute Gasteiger partial charge is 0.237 e. The highest BCUT2D eigenvalue weighted by Crippen LogP contribution is 2.17. The predicted octanol–water partition coefficient (Wildman–Crippen LogP) is 14.0. The molecule has 0 N–H and O–H groups in total. The Bertz CT molecular complexity index is 392. The van der Waals surface area contributed by atoms with Crippen molar-refractivity contribution in [2.45, 2.75) is 205 Å². The first-order valence-corrected chi connectivity index (χ1v) is 22.0. The molecule has 4 heteroatoms. The second kappa shape index (κ2) is 35.1. The standard InChI is InChI=1S/C33H67Cl3Si/c34-32-30-28-26-24-22-20-18-16-14-12-10-8-6-4-2-1-3-5-7-9-11-13-15-17-19-21-23-25-27-29-31-33-37(35)36/h37H,1-33H2. The molecule has 0 rings (SSSR count). The first-order chi connectivity index (χ1) is 18.3. The van der Waals surface area contributed by atoms with Gasteiger partial charge in [0.1, 0.15) is 0 Å². The van der Waals surface area contributed by atoms with E-state index in [4.69, 9.17) is 33.8 Å². The zero-order valence-corrected chi connectivity index (χ0v) is 28.5. The van der Waals surface area contributed by atoms with E-state index in [2.05, 4.69) is 0 Å². The van der Waals surface area contributed by atoms with Crippen LogP contribution in [0.3, 0.4) is 0 Å². The number of halogens is 3. The fraction of sp³-hybridized carbons (Fsp3) is 1.00. The number of unbranched alkanes of at least 4 members (excludes halogenated alkanes) is 30. The molecule has 0 nitrogen and oxygen atoms in total. The van der Waals surface area contributed by atoms with E-state index >= 15 is 0 Å². The van der Waals surface area contributed by atoms with Gasteiger partial charge in [0.15, 0.2) is 0 Å². The van der Waals surface area contributed by atoms with Crippen LogP contribution in [0.25, 0.3) is 0 Å². The fourth-order valence-corrected chi connectivity index (χ4v) is 7.23. The molecular formula is C33H67Cl3Si. The zero-order chi connectivity index (χ0) is 26.9. The molecule has 37 heavy (non-hydrogen) atoms. The molecule has 0 spiro atoms. The first-order valence-electron chi connectivity index (χ1n) is 17.1. The lowest BCUT2D eigenvalue weighted by Crippen LogP contribution is -1.91. The molecule has 0 aromatic heterocycles. The predicted molar refractivity (Wildman–Crippen MR) is 178 cm³/mol. The van der Waals surface area contributed by atoms with Gasteiger partial charge in [0, 0.05) is 5.88 Å². The number of rotatable bonds is 33. The molecule has 0 saturated heterocycles. The summed E-state index contributed by atoms with van der Waals surface area (Å²) in [5.74, 6) is 0.844. The normalized spacial score (nSPS) is 11.7. The van der Waals surface area contributed by atoms with E-state index in [0.29, 0.717) is 0 Å². The highest BCUT2D eigenvalue weighted by Gasteiger charge is 2.01. The quantitative estimate of drug-likeness (QED) is 0.0305. The molecule has 224 valence electrons. The molecule has 0 atom stereocenters. The van der Waals surface area contributed by atoms with Gasteiger partial charge in [-0.2, -0.15) is 22.2 Å². The van der Waals surface area contributed by atoms with Crippen molar-refractivity contribution in [3.63, 3.8) is 0 Å². The molecule has 0 aliphatic carbocycles. The Morgan fingerprint density at radius 3 is 0.568 bits per heavy atom. The maximum atomic E-state index is 5.90. The fourth-order valence-electron chi connectivity index (χ4n) is 5.52. The van der Waals surface area contributed by atoms with Crippen molar-refractivity contribution >= 4 is 41.2 Å². The third-order valence-corrected chi connectivity index (χ3v) is 10.5. The Kier molecular flexibility index (Phi) is 36.1. The van der Waals surface area contributed by atoms with Gasteiger partial charge in [-0.15, -0.1) is 11.6 Å². The SMILES string of the molecule is ClCCCCCCCCCCCCCCCCCCCCCCCCCCCCCCCCC[SiH](Cl)Cl. The maximum absolute atomic E-state index is 5.90. The number of hydrogen-bond acceptors (Lipinski definition) is 0. The lowest BCUT2D eigenvalue weighted by molar-refractivity contribution is 0.513. The maximum Gasteiger partial charge on any atom is 0.237 e. The Balaban J connectivity index is 3.01. The topological polar surface area (TPSA) is 0 Å². The van der Waals surface area contributed by atoms with Crippen LogP contribution in [-0.4, -0.2) is 13.3 Å². The van der Waals surface area contributed by atoms with Crippen molar-refractivity contribution in [1.29, 1.82) is 0 Å². The average Bonchev–Trinajstić information content (AvgIpc) is 2.89. The van der Waals surface area contributed by atoms with Crippen LogP contribution in [0.1, 0.15) is 199 Å². The van der Waals surface area contributed by atoms with Crippen LogP contribution in [0.15, 0.2) is 0 Å². The van der Waals surface area contributed by atoms with Crippen LogP contribution < -0.4 is 0 Å². The summed E-state index contributed by atoms with van der Waals surface area (Å²) in [4.78, 5) is 0. The van der Waals surface area contributed by atoms with Gasteiger partial charge in [-0.25, -0.2) is 0 Å². The van der Waals surface area contributed by atoms with E-state index in [9.17, 15) is 0 Å². The number of alkyl halides is 1.